The lowest BCUT2D eigenvalue weighted by Gasteiger charge is -2.14. The molecule has 0 nitrogen and oxygen atoms in total. The first-order valence-corrected chi connectivity index (χ1v) is 8.40. The Hall–Kier alpha value is 0.210. The van der Waals surface area contributed by atoms with Crippen molar-refractivity contribution in [2.24, 2.45) is 0 Å². The molecule has 0 aromatic carbocycles. The van der Waals surface area contributed by atoms with Crippen LogP contribution in [0, 0.1) is 0 Å². The predicted octanol–water partition coefficient (Wildman–Crippen LogP) is 6.56. The number of halogens is 1. The summed E-state index contributed by atoms with van der Waals surface area (Å²) in [6.45, 7) is 4.57. The van der Waals surface area contributed by atoms with Crippen molar-refractivity contribution < 1.29 is 0 Å². The minimum absolute atomic E-state index is 1.22. The van der Waals surface area contributed by atoms with Gasteiger partial charge >= 0.3 is 0 Å². The van der Waals surface area contributed by atoms with E-state index in [1.165, 1.54) is 64.2 Å². The summed E-state index contributed by atoms with van der Waals surface area (Å²) in [5.74, 6) is 0. The number of allylic oxidation sites excluding steroid dienone is 4. The molecule has 0 atom stereocenters. The van der Waals surface area contributed by atoms with Crippen molar-refractivity contribution in [2.45, 2.75) is 78.1 Å². The van der Waals surface area contributed by atoms with E-state index in [2.05, 4.69) is 42.5 Å². The van der Waals surface area contributed by atoms with Crippen LogP contribution in [0.3, 0.4) is 0 Å². The Morgan fingerprint density at radius 1 is 1.06 bits per heavy atom. The van der Waals surface area contributed by atoms with Gasteiger partial charge in [0, 0.05) is 0 Å². The second-order valence-corrected chi connectivity index (χ2v) is 6.44. The van der Waals surface area contributed by atoms with Gasteiger partial charge in [0.1, 0.15) is 0 Å². The second kappa shape index (κ2) is 9.18. The number of hydrogen-bond acceptors (Lipinski definition) is 0. The van der Waals surface area contributed by atoms with E-state index in [0.717, 1.165) is 0 Å². The first-order valence-electron chi connectivity index (χ1n) is 7.32. The maximum Gasteiger partial charge on any atom is -0.00990 e. The standard InChI is InChI=1S/C16H27I/c1-3-8-15(16(17)9-4-2)13-12-14-10-6-5-7-11-14/h12H,3-11,13H2,1-2H3/b16-15-. The minimum Gasteiger partial charge on any atom is -0.0812 e. The topological polar surface area (TPSA) is 0 Å². The van der Waals surface area contributed by atoms with Gasteiger partial charge in [-0.3, -0.25) is 0 Å². The lowest BCUT2D eigenvalue weighted by molar-refractivity contribution is 0.596. The van der Waals surface area contributed by atoms with Crippen LogP contribution in [0.5, 0.6) is 0 Å². The van der Waals surface area contributed by atoms with Crippen molar-refractivity contribution in [1.82, 2.24) is 0 Å². The first kappa shape index (κ1) is 15.3. The molecule has 0 aromatic rings. The van der Waals surface area contributed by atoms with Crippen LogP contribution in [0.2, 0.25) is 0 Å². The van der Waals surface area contributed by atoms with Crippen molar-refractivity contribution in [3.8, 4) is 0 Å². The van der Waals surface area contributed by atoms with Gasteiger partial charge in [-0.15, -0.1) is 0 Å². The van der Waals surface area contributed by atoms with Crippen LogP contribution in [0.15, 0.2) is 20.8 Å². The molecule has 0 saturated heterocycles. The molecule has 0 spiro atoms. The average molecular weight is 346 g/mol. The van der Waals surface area contributed by atoms with Gasteiger partial charge in [0.05, 0.1) is 0 Å². The van der Waals surface area contributed by atoms with Crippen molar-refractivity contribution >= 4 is 22.6 Å². The van der Waals surface area contributed by atoms with Crippen LogP contribution in [-0.4, -0.2) is 0 Å². The monoisotopic (exact) mass is 346 g/mol. The maximum atomic E-state index is 2.57. The SMILES string of the molecule is CCC/C(I)=C(/CC=C1CCCCC1)CCC. The quantitative estimate of drug-likeness (QED) is 0.377. The molecule has 1 fully saturated rings. The third-order valence-corrected chi connectivity index (χ3v) is 4.84. The van der Waals surface area contributed by atoms with Gasteiger partial charge in [0.25, 0.3) is 0 Å². The Labute approximate surface area is 121 Å². The molecule has 1 saturated carbocycles. The van der Waals surface area contributed by atoms with Gasteiger partial charge in [-0.1, -0.05) is 50.3 Å². The summed E-state index contributed by atoms with van der Waals surface area (Å²) >= 11 is 2.57. The molecule has 1 heteroatoms. The van der Waals surface area contributed by atoms with Gasteiger partial charge in [-0.25, -0.2) is 0 Å². The van der Waals surface area contributed by atoms with Crippen LogP contribution in [0.4, 0.5) is 0 Å². The minimum atomic E-state index is 1.22. The molecular weight excluding hydrogens is 319 g/mol. The third-order valence-electron chi connectivity index (χ3n) is 3.54. The molecule has 0 radical (unpaired) electrons. The van der Waals surface area contributed by atoms with E-state index in [9.17, 15) is 0 Å². The molecule has 0 bridgehead atoms. The molecular formula is C16H27I. The molecule has 0 unspecified atom stereocenters. The summed E-state index contributed by atoms with van der Waals surface area (Å²) < 4.78 is 1.62. The highest BCUT2D eigenvalue weighted by molar-refractivity contribution is 14.1. The van der Waals surface area contributed by atoms with Crippen LogP contribution < -0.4 is 0 Å². The average Bonchev–Trinajstić information content (AvgIpc) is 2.36. The summed E-state index contributed by atoms with van der Waals surface area (Å²) in [6.07, 6.45) is 15.9. The van der Waals surface area contributed by atoms with E-state index in [1.54, 1.807) is 14.7 Å². The van der Waals surface area contributed by atoms with Gasteiger partial charge < -0.3 is 0 Å². The van der Waals surface area contributed by atoms with Crippen molar-refractivity contribution in [2.75, 3.05) is 0 Å². The molecule has 1 aliphatic rings. The fourth-order valence-electron chi connectivity index (χ4n) is 2.52. The van der Waals surface area contributed by atoms with Crippen LogP contribution in [0.25, 0.3) is 0 Å². The normalized spacial score (nSPS) is 17.9. The molecule has 17 heavy (non-hydrogen) atoms. The Kier molecular flexibility index (Phi) is 8.25. The molecule has 1 rings (SSSR count). The number of hydrogen-bond donors (Lipinski definition) is 0. The zero-order chi connectivity index (χ0) is 12.5. The molecule has 1 aliphatic carbocycles. The molecule has 0 heterocycles. The second-order valence-electron chi connectivity index (χ2n) is 5.14. The van der Waals surface area contributed by atoms with Crippen molar-refractivity contribution in [3.63, 3.8) is 0 Å². The highest BCUT2D eigenvalue weighted by atomic mass is 127. The summed E-state index contributed by atoms with van der Waals surface area (Å²) in [6, 6.07) is 0. The summed E-state index contributed by atoms with van der Waals surface area (Å²) in [5.41, 5.74) is 3.43. The van der Waals surface area contributed by atoms with Crippen LogP contribution in [0.1, 0.15) is 78.1 Å². The van der Waals surface area contributed by atoms with Crippen molar-refractivity contribution in [3.05, 3.63) is 20.8 Å². The largest absolute Gasteiger partial charge is 0.0812 e. The summed E-state index contributed by atoms with van der Waals surface area (Å²) in [7, 11) is 0. The van der Waals surface area contributed by atoms with Gasteiger partial charge in [-0.2, -0.15) is 0 Å². The maximum absolute atomic E-state index is 2.57. The fourth-order valence-corrected chi connectivity index (χ4v) is 3.55. The highest BCUT2D eigenvalue weighted by Gasteiger charge is 2.06. The predicted molar refractivity (Wildman–Crippen MR) is 86.6 cm³/mol. The lowest BCUT2D eigenvalue weighted by Crippen LogP contribution is -1.94. The molecule has 0 aromatic heterocycles. The van der Waals surface area contributed by atoms with Crippen LogP contribution in [-0.2, 0) is 0 Å². The Morgan fingerprint density at radius 2 is 1.71 bits per heavy atom. The van der Waals surface area contributed by atoms with Gasteiger partial charge in [0.15, 0.2) is 0 Å². The molecule has 0 aliphatic heterocycles. The van der Waals surface area contributed by atoms with E-state index in [4.69, 9.17) is 0 Å². The van der Waals surface area contributed by atoms with E-state index in [1.807, 2.05) is 0 Å². The van der Waals surface area contributed by atoms with Gasteiger partial charge in [-0.05, 0) is 71.1 Å². The fraction of sp³-hybridized carbons (Fsp3) is 0.750. The molecule has 0 amide bonds. The van der Waals surface area contributed by atoms with E-state index in [0.29, 0.717) is 0 Å². The molecule has 0 N–H and O–H groups in total. The van der Waals surface area contributed by atoms with Crippen molar-refractivity contribution in [1.29, 1.82) is 0 Å². The summed E-state index contributed by atoms with van der Waals surface area (Å²) in [5, 5.41) is 0. The Bertz CT molecular complexity index is 265. The summed E-state index contributed by atoms with van der Waals surface area (Å²) in [4.78, 5) is 0. The van der Waals surface area contributed by atoms with Crippen LogP contribution >= 0.6 is 22.6 Å². The zero-order valence-corrected chi connectivity index (χ0v) is 13.7. The Morgan fingerprint density at radius 3 is 2.29 bits per heavy atom. The smallest absolute Gasteiger partial charge is 0.00990 e. The lowest BCUT2D eigenvalue weighted by atomic mass is 9.93. The zero-order valence-electron chi connectivity index (χ0n) is 11.5. The third kappa shape index (κ3) is 6.08. The first-order chi connectivity index (χ1) is 8.27. The Balaban J connectivity index is 2.56. The highest BCUT2D eigenvalue weighted by Crippen LogP contribution is 2.28. The van der Waals surface area contributed by atoms with E-state index < -0.39 is 0 Å². The number of rotatable bonds is 6. The van der Waals surface area contributed by atoms with E-state index >= 15 is 0 Å². The van der Waals surface area contributed by atoms with E-state index in [-0.39, 0.29) is 0 Å². The molecule has 98 valence electrons. The van der Waals surface area contributed by atoms with Gasteiger partial charge in [0.2, 0.25) is 0 Å².